The zero-order chi connectivity index (χ0) is 15.4. The Morgan fingerprint density at radius 1 is 1.23 bits per heavy atom. The summed E-state index contributed by atoms with van der Waals surface area (Å²) in [5, 5.41) is 0. The fourth-order valence-electron chi connectivity index (χ4n) is 2.49. The summed E-state index contributed by atoms with van der Waals surface area (Å²) in [5.74, 6) is 0.0350. The van der Waals surface area contributed by atoms with Gasteiger partial charge < -0.3 is 4.90 Å². The second-order valence-corrected chi connectivity index (χ2v) is 5.18. The zero-order valence-electron chi connectivity index (χ0n) is 12.1. The Morgan fingerprint density at radius 2 is 2.14 bits per heavy atom. The van der Waals surface area contributed by atoms with Crippen LogP contribution in [0.25, 0.3) is 6.08 Å². The third kappa shape index (κ3) is 3.11. The van der Waals surface area contributed by atoms with Crippen molar-refractivity contribution in [2.24, 2.45) is 0 Å². The van der Waals surface area contributed by atoms with Gasteiger partial charge in [-0.15, -0.1) is 0 Å². The van der Waals surface area contributed by atoms with Crippen LogP contribution in [0.4, 0.5) is 5.69 Å². The number of rotatable bonds is 4. The van der Waals surface area contributed by atoms with E-state index >= 15 is 0 Å². The molecule has 22 heavy (non-hydrogen) atoms. The van der Waals surface area contributed by atoms with E-state index in [1.165, 1.54) is 6.08 Å². The van der Waals surface area contributed by atoms with Crippen LogP contribution < -0.4 is 4.90 Å². The molecule has 110 valence electrons. The largest absolute Gasteiger partial charge is 0.312 e. The van der Waals surface area contributed by atoms with E-state index < -0.39 is 0 Å². The first-order valence-electron chi connectivity index (χ1n) is 7.27. The van der Waals surface area contributed by atoms with E-state index in [1.54, 1.807) is 35.5 Å². The number of aromatic nitrogens is 1. The molecule has 4 heteroatoms. The summed E-state index contributed by atoms with van der Waals surface area (Å²) in [6.45, 7) is 0.724. The van der Waals surface area contributed by atoms with Crippen LogP contribution >= 0.6 is 0 Å². The predicted molar refractivity (Wildman–Crippen MR) is 85.6 cm³/mol. The molecule has 4 nitrogen and oxygen atoms in total. The first-order valence-corrected chi connectivity index (χ1v) is 7.27. The SMILES string of the molecule is O=C(C=Cc1cccnc1)c1cccc(N2CCCC2=O)c1. The van der Waals surface area contributed by atoms with E-state index in [0.717, 1.165) is 24.2 Å². The van der Waals surface area contributed by atoms with Gasteiger partial charge in [0, 0.05) is 36.6 Å². The third-order valence-corrected chi connectivity index (χ3v) is 3.63. The van der Waals surface area contributed by atoms with Crippen molar-refractivity contribution in [1.82, 2.24) is 4.98 Å². The van der Waals surface area contributed by atoms with Gasteiger partial charge in [0.05, 0.1) is 0 Å². The standard InChI is InChI=1S/C18H16N2O2/c21-17(9-8-14-4-2-10-19-13-14)15-5-1-6-16(12-15)20-11-3-7-18(20)22/h1-2,4-6,8-10,12-13H,3,7,11H2. The molecule has 0 spiro atoms. The number of ketones is 1. The molecule has 2 heterocycles. The molecule has 1 aliphatic rings. The van der Waals surface area contributed by atoms with Crippen LogP contribution in [-0.2, 0) is 4.79 Å². The summed E-state index contributed by atoms with van der Waals surface area (Å²) in [6.07, 6.45) is 8.11. The van der Waals surface area contributed by atoms with Crippen molar-refractivity contribution < 1.29 is 9.59 Å². The lowest BCUT2D eigenvalue weighted by atomic mass is 10.1. The third-order valence-electron chi connectivity index (χ3n) is 3.63. The number of carbonyl (C=O) groups excluding carboxylic acids is 2. The van der Waals surface area contributed by atoms with Gasteiger partial charge in [0.25, 0.3) is 0 Å². The summed E-state index contributed by atoms with van der Waals surface area (Å²) in [6, 6.07) is 10.9. The quantitative estimate of drug-likeness (QED) is 0.642. The molecule has 3 rings (SSSR count). The number of hydrogen-bond acceptors (Lipinski definition) is 3. The maximum Gasteiger partial charge on any atom is 0.227 e. The number of anilines is 1. The fourth-order valence-corrected chi connectivity index (χ4v) is 2.49. The highest BCUT2D eigenvalue weighted by Gasteiger charge is 2.21. The molecule has 0 unspecified atom stereocenters. The molecule has 1 fully saturated rings. The Hall–Kier alpha value is -2.75. The van der Waals surface area contributed by atoms with Gasteiger partial charge in [-0.3, -0.25) is 14.6 Å². The maximum atomic E-state index is 12.3. The van der Waals surface area contributed by atoms with Gasteiger partial charge in [-0.1, -0.05) is 18.2 Å². The van der Waals surface area contributed by atoms with E-state index in [9.17, 15) is 9.59 Å². The molecule has 0 atom stereocenters. The monoisotopic (exact) mass is 292 g/mol. The van der Waals surface area contributed by atoms with Crippen molar-refractivity contribution in [2.75, 3.05) is 11.4 Å². The average molecular weight is 292 g/mol. The fraction of sp³-hybridized carbons (Fsp3) is 0.167. The van der Waals surface area contributed by atoms with Gasteiger partial charge in [0.2, 0.25) is 5.91 Å². The van der Waals surface area contributed by atoms with Gasteiger partial charge >= 0.3 is 0 Å². The molecular formula is C18H16N2O2. The number of allylic oxidation sites excluding steroid dienone is 1. The van der Waals surface area contributed by atoms with Gasteiger partial charge in [0.15, 0.2) is 5.78 Å². The smallest absolute Gasteiger partial charge is 0.227 e. The first-order chi connectivity index (χ1) is 10.7. The summed E-state index contributed by atoms with van der Waals surface area (Å²) >= 11 is 0. The van der Waals surface area contributed by atoms with Crippen LogP contribution in [0.15, 0.2) is 54.9 Å². The molecule has 0 saturated carbocycles. The van der Waals surface area contributed by atoms with Gasteiger partial charge in [-0.2, -0.15) is 0 Å². The second kappa shape index (κ2) is 6.35. The lowest BCUT2D eigenvalue weighted by molar-refractivity contribution is -0.117. The molecule has 1 aromatic carbocycles. The van der Waals surface area contributed by atoms with E-state index in [0.29, 0.717) is 12.0 Å². The van der Waals surface area contributed by atoms with Gasteiger partial charge in [-0.25, -0.2) is 0 Å². The minimum Gasteiger partial charge on any atom is -0.312 e. The Kier molecular flexibility index (Phi) is 4.10. The molecule has 0 aliphatic carbocycles. The number of carbonyl (C=O) groups is 2. The number of benzene rings is 1. The van der Waals surface area contributed by atoms with Crippen LogP contribution in [0.5, 0.6) is 0 Å². The summed E-state index contributed by atoms with van der Waals surface area (Å²) in [7, 11) is 0. The van der Waals surface area contributed by atoms with Crippen molar-refractivity contribution >= 4 is 23.5 Å². The normalized spacial score (nSPS) is 14.7. The van der Waals surface area contributed by atoms with Crippen LogP contribution in [-0.4, -0.2) is 23.2 Å². The maximum absolute atomic E-state index is 12.3. The minimum absolute atomic E-state index is 0.0858. The number of nitrogens with zero attached hydrogens (tertiary/aromatic N) is 2. The van der Waals surface area contributed by atoms with Crippen LogP contribution in [0.3, 0.4) is 0 Å². The van der Waals surface area contributed by atoms with E-state index in [1.807, 2.05) is 24.3 Å². The Balaban J connectivity index is 1.78. The lowest BCUT2D eigenvalue weighted by Gasteiger charge is -2.16. The summed E-state index contributed by atoms with van der Waals surface area (Å²) < 4.78 is 0. The first kappa shape index (κ1) is 14.2. The predicted octanol–water partition coefficient (Wildman–Crippen LogP) is 3.10. The van der Waals surface area contributed by atoms with E-state index in [2.05, 4.69) is 4.98 Å². The average Bonchev–Trinajstić information content (AvgIpc) is 3.00. The van der Waals surface area contributed by atoms with Crippen LogP contribution in [0.1, 0.15) is 28.8 Å². The Morgan fingerprint density at radius 3 is 2.86 bits per heavy atom. The molecule has 1 aliphatic heterocycles. The lowest BCUT2D eigenvalue weighted by Crippen LogP contribution is -2.23. The molecular weight excluding hydrogens is 276 g/mol. The zero-order valence-corrected chi connectivity index (χ0v) is 12.1. The highest BCUT2D eigenvalue weighted by molar-refractivity contribution is 6.08. The van der Waals surface area contributed by atoms with Crippen molar-refractivity contribution in [2.45, 2.75) is 12.8 Å². The molecule has 0 bridgehead atoms. The van der Waals surface area contributed by atoms with Gasteiger partial charge in [-0.05, 0) is 42.3 Å². The van der Waals surface area contributed by atoms with Crippen LogP contribution in [0.2, 0.25) is 0 Å². The molecule has 2 aromatic rings. The number of pyridine rings is 1. The van der Waals surface area contributed by atoms with Crippen molar-refractivity contribution in [3.63, 3.8) is 0 Å². The molecule has 1 saturated heterocycles. The number of amides is 1. The van der Waals surface area contributed by atoms with E-state index in [4.69, 9.17) is 0 Å². The van der Waals surface area contributed by atoms with Crippen molar-refractivity contribution in [3.05, 3.63) is 66.0 Å². The minimum atomic E-state index is -0.0858. The number of hydrogen-bond donors (Lipinski definition) is 0. The van der Waals surface area contributed by atoms with Crippen LogP contribution in [0, 0.1) is 0 Å². The van der Waals surface area contributed by atoms with Crippen molar-refractivity contribution in [3.8, 4) is 0 Å². The summed E-state index contributed by atoms with van der Waals surface area (Å²) in [4.78, 5) is 29.8. The topological polar surface area (TPSA) is 50.3 Å². The van der Waals surface area contributed by atoms with Crippen molar-refractivity contribution in [1.29, 1.82) is 0 Å². The van der Waals surface area contributed by atoms with E-state index in [-0.39, 0.29) is 11.7 Å². The Labute approximate surface area is 129 Å². The highest BCUT2D eigenvalue weighted by atomic mass is 16.2. The molecule has 0 N–H and O–H groups in total. The molecule has 0 radical (unpaired) electrons. The second-order valence-electron chi connectivity index (χ2n) is 5.18. The molecule has 1 aromatic heterocycles. The highest BCUT2D eigenvalue weighted by Crippen LogP contribution is 2.22. The Bertz CT molecular complexity index is 723. The molecule has 1 amide bonds. The van der Waals surface area contributed by atoms with Gasteiger partial charge in [0.1, 0.15) is 0 Å². The summed E-state index contributed by atoms with van der Waals surface area (Å²) in [5.41, 5.74) is 2.25.